The molecule has 1 aliphatic carbocycles. The molecule has 3 aromatic rings. The lowest BCUT2D eigenvalue weighted by molar-refractivity contribution is 0.411. The van der Waals surface area contributed by atoms with Crippen molar-refractivity contribution in [3.05, 3.63) is 83.2 Å². The standard InChI is InChI=1S/C27H28FN7O/c1-3-5-19-14-23(31-16-19)32-25-15-24(30-8-4-10-35-11-9-29-17-35)33-27(34-25)36-22-7-6-20-12-18(2)13-21(20)26(22)28/h3,5-7,9,11,13-15,17H,4,8,10,12,16H2,1-2H3,(H2,30,31,32,33,34)/b5-3+. The van der Waals surface area contributed by atoms with E-state index in [0.717, 1.165) is 36.1 Å². The number of hydrogen-bond donors (Lipinski definition) is 2. The zero-order chi connectivity index (χ0) is 24.9. The Morgan fingerprint density at radius 1 is 1.19 bits per heavy atom. The van der Waals surface area contributed by atoms with Crippen LogP contribution in [-0.2, 0) is 13.0 Å². The zero-order valence-corrected chi connectivity index (χ0v) is 20.3. The van der Waals surface area contributed by atoms with Crippen LogP contribution in [-0.4, -0.2) is 38.4 Å². The Morgan fingerprint density at radius 2 is 2.08 bits per heavy atom. The summed E-state index contributed by atoms with van der Waals surface area (Å²) in [4.78, 5) is 17.5. The molecular weight excluding hydrogens is 457 g/mol. The maximum Gasteiger partial charge on any atom is 0.326 e. The average Bonchev–Trinajstić information content (AvgIpc) is 3.61. The lowest BCUT2D eigenvalue weighted by Crippen LogP contribution is -2.12. The van der Waals surface area contributed by atoms with Gasteiger partial charge >= 0.3 is 6.01 Å². The molecule has 2 aromatic heterocycles. The summed E-state index contributed by atoms with van der Waals surface area (Å²) in [6.45, 7) is 6.08. The second kappa shape index (κ2) is 10.6. The fraction of sp³-hybridized carbons (Fsp3) is 0.259. The molecule has 8 nitrogen and oxygen atoms in total. The first-order valence-corrected chi connectivity index (χ1v) is 12.0. The third kappa shape index (κ3) is 5.51. The molecule has 2 N–H and O–H groups in total. The van der Waals surface area contributed by atoms with Gasteiger partial charge in [0, 0.05) is 37.1 Å². The van der Waals surface area contributed by atoms with Gasteiger partial charge in [0.1, 0.15) is 17.5 Å². The number of allylic oxidation sites excluding steroid dienone is 2. The molecule has 36 heavy (non-hydrogen) atoms. The second-order valence-corrected chi connectivity index (χ2v) is 8.77. The van der Waals surface area contributed by atoms with E-state index in [-0.39, 0.29) is 11.8 Å². The molecule has 1 aromatic carbocycles. The third-order valence-corrected chi connectivity index (χ3v) is 5.85. The minimum atomic E-state index is -0.403. The first-order chi connectivity index (χ1) is 17.6. The number of fused-ring (bicyclic) bond motifs is 1. The summed E-state index contributed by atoms with van der Waals surface area (Å²) in [6, 6.07) is 5.36. The van der Waals surface area contributed by atoms with Crippen molar-refractivity contribution in [1.82, 2.24) is 19.5 Å². The molecule has 184 valence electrons. The summed E-state index contributed by atoms with van der Waals surface area (Å²) in [7, 11) is 0. The number of rotatable bonds is 9. The van der Waals surface area contributed by atoms with Crippen LogP contribution in [0.5, 0.6) is 11.8 Å². The first-order valence-electron chi connectivity index (χ1n) is 12.0. The highest BCUT2D eigenvalue weighted by atomic mass is 19.1. The number of aliphatic imine (C=N–C) groups is 1. The molecule has 0 amide bonds. The van der Waals surface area contributed by atoms with Crippen LogP contribution in [0.2, 0.25) is 0 Å². The highest BCUT2D eigenvalue weighted by Crippen LogP contribution is 2.34. The van der Waals surface area contributed by atoms with Gasteiger partial charge in [0.2, 0.25) is 0 Å². The highest BCUT2D eigenvalue weighted by Gasteiger charge is 2.19. The van der Waals surface area contributed by atoms with Crippen LogP contribution >= 0.6 is 0 Å². The van der Waals surface area contributed by atoms with Gasteiger partial charge in [-0.15, -0.1) is 0 Å². The number of halogens is 1. The van der Waals surface area contributed by atoms with Crippen molar-refractivity contribution in [1.29, 1.82) is 0 Å². The topological polar surface area (TPSA) is 89.2 Å². The Hall–Kier alpha value is -4.27. The van der Waals surface area contributed by atoms with Crippen LogP contribution in [0.3, 0.4) is 0 Å². The van der Waals surface area contributed by atoms with Crippen molar-refractivity contribution in [2.45, 2.75) is 33.2 Å². The monoisotopic (exact) mass is 485 g/mol. The fourth-order valence-corrected chi connectivity index (χ4v) is 4.19. The number of imidazole rings is 1. The largest absolute Gasteiger partial charge is 0.421 e. The number of anilines is 2. The van der Waals surface area contributed by atoms with Crippen molar-refractivity contribution in [2.75, 3.05) is 23.7 Å². The summed E-state index contributed by atoms with van der Waals surface area (Å²) in [5.41, 5.74) is 3.75. The van der Waals surface area contributed by atoms with E-state index >= 15 is 4.39 Å². The third-order valence-electron chi connectivity index (χ3n) is 5.85. The van der Waals surface area contributed by atoms with Gasteiger partial charge in [-0.1, -0.05) is 29.9 Å². The summed E-state index contributed by atoms with van der Waals surface area (Å²) in [5.74, 6) is 1.47. The van der Waals surface area contributed by atoms with E-state index in [1.54, 1.807) is 24.7 Å². The number of nitrogens with zero attached hydrogens (tertiary/aromatic N) is 5. The van der Waals surface area contributed by atoms with E-state index in [2.05, 4.69) is 30.6 Å². The van der Waals surface area contributed by atoms with Gasteiger partial charge in [-0.2, -0.15) is 9.97 Å². The maximum atomic E-state index is 15.2. The summed E-state index contributed by atoms with van der Waals surface area (Å²) < 4.78 is 23.0. The van der Waals surface area contributed by atoms with E-state index in [4.69, 9.17) is 4.74 Å². The number of aromatic nitrogens is 4. The minimum Gasteiger partial charge on any atom is -0.421 e. The number of benzene rings is 1. The fourth-order valence-electron chi connectivity index (χ4n) is 4.19. The quantitative estimate of drug-likeness (QED) is 0.395. The first kappa shape index (κ1) is 23.5. The Morgan fingerprint density at radius 3 is 2.92 bits per heavy atom. The number of nitrogens with one attached hydrogen (secondary N) is 2. The molecular formula is C27H28FN7O. The molecule has 0 saturated heterocycles. The van der Waals surface area contributed by atoms with Crippen molar-refractivity contribution >= 4 is 23.5 Å². The van der Waals surface area contributed by atoms with Crippen LogP contribution in [0.15, 0.2) is 71.3 Å². The molecule has 0 bridgehead atoms. The van der Waals surface area contributed by atoms with E-state index in [9.17, 15) is 0 Å². The van der Waals surface area contributed by atoms with E-state index in [0.29, 0.717) is 36.1 Å². The second-order valence-electron chi connectivity index (χ2n) is 8.77. The average molecular weight is 486 g/mol. The number of amidine groups is 1. The van der Waals surface area contributed by atoms with Crippen molar-refractivity contribution in [2.24, 2.45) is 4.99 Å². The predicted octanol–water partition coefficient (Wildman–Crippen LogP) is 5.39. The highest BCUT2D eigenvalue weighted by molar-refractivity contribution is 6.05. The molecule has 0 fully saturated rings. The van der Waals surface area contributed by atoms with E-state index in [1.807, 2.05) is 55.0 Å². The predicted molar refractivity (Wildman–Crippen MR) is 140 cm³/mol. The SMILES string of the molecule is C/C=C/C1=CC(Nc2cc(NCCCn3ccnc3)nc(Oc3ccc4c(c3F)C=C(C)C4)n2)=NC1. The molecule has 0 unspecified atom stereocenters. The van der Waals surface area contributed by atoms with Gasteiger partial charge in [0.05, 0.1) is 12.9 Å². The lowest BCUT2D eigenvalue weighted by Gasteiger charge is -2.13. The molecule has 2 aliphatic rings. The Bertz CT molecular complexity index is 1370. The van der Waals surface area contributed by atoms with Gasteiger partial charge in [-0.3, -0.25) is 4.99 Å². The molecule has 0 atom stereocenters. The molecule has 0 radical (unpaired) electrons. The van der Waals surface area contributed by atoms with Gasteiger partial charge in [0.15, 0.2) is 11.6 Å². The van der Waals surface area contributed by atoms with Crippen molar-refractivity contribution in [3.8, 4) is 11.8 Å². The number of hydrogen-bond acceptors (Lipinski definition) is 7. The normalized spacial score (nSPS) is 14.5. The van der Waals surface area contributed by atoms with E-state index in [1.165, 1.54) is 0 Å². The molecule has 9 heteroatoms. The molecule has 0 spiro atoms. The van der Waals surface area contributed by atoms with Crippen LogP contribution in [0.25, 0.3) is 6.08 Å². The molecule has 5 rings (SSSR count). The maximum absolute atomic E-state index is 15.2. The zero-order valence-electron chi connectivity index (χ0n) is 20.3. The van der Waals surface area contributed by atoms with Crippen LogP contribution in [0.4, 0.5) is 16.0 Å². The van der Waals surface area contributed by atoms with Gasteiger partial charge in [0.25, 0.3) is 0 Å². The number of ether oxygens (including phenoxy) is 1. The van der Waals surface area contributed by atoms with Gasteiger partial charge < -0.3 is 19.9 Å². The molecule has 1 aliphatic heterocycles. The Labute approximate surface area is 209 Å². The lowest BCUT2D eigenvalue weighted by atomic mass is 10.1. The minimum absolute atomic E-state index is 0.0471. The summed E-state index contributed by atoms with van der Waals surface area (Å²) in [6.07, 6.45) is 14.9. The molecule has 3 heterocycles. The van der Waals surface area contributed by atoms with Crippen LogP contribution in [0, 0.1) is 5.82 Å². The van der Waals surface area contributed by atoms with Gasteiger partial charge in [-0.05, 0) is 50.0 Å². The van der Waals surface area contributed by atoms with E-state index < -0.39 is 5.82 Å². The van der Waals surface area contributed by atoms with Crippen molar-refractivity contribution in [3.63, 3.8) is 0 Å². The van der Waals surface area contributed by atoms with Crippen LogP contribution < -0.4 is 15.4 Å². The van der Waals surface area contributed by atoms with Crippen molar-refractivity contribution < 1.29 is 9.13 Å². The van der Waals surface area contributed by atoms with Gasteiger partial charge in [-0.25, -0.2) is 9.37 Å². The summed E-state index contributed by atoms with van der Waals surface area (Å²) >= 11 is 0. The Balaban J connectivity index is 1.35. The number of aryl methyl sites for hydroxylation is 1. The Kier molecular flexibility index (Phi) is 6.88. The molecule has 0 saturated carbocycles. The summed E-state index contributed by atoms with van der Waals surface area (Å²) in [5, 5.41) is 6.54. The smallest absolute Gasteiger partial charge is 0.326 e. The van der Waals surface area contributed by atoms with Crippen LogP contribution in [0.1, 0.15) is 31.4 Å².